The van der Waals surface area contributed by atoms with Crippen molar-refractivity contribution >= 4 is 23.3 Å². The number of para-hydroxylation sites is 1. The lowest BCUT2D eigenvalue weighted by molar-refractivity contribution is 0.631. The van der Waals surface area contributed by atoms with Crippen LogP contribution in [0.15, 0.2) is 18.2 Å². The number of benzene rings is 1. The topological polar surface area (TPSA) is 20.7 Å². The lowest BCUT2D eigenvalue weighted by Crippen LogP contribution is -1.88. The minimum atomic E-state index is -0.248. The predicted octanol–water partition coefficient (Wildman–Crippen LogP) is 2.37. The maximum Gasteiger partial charge on any atom is 0.177 e. The first kappa shape index (κ1) is 7.49. The quantitative estimate of drug-likeness (QED) is 0.620. The average Bonchev–Trinajstić information content (AvgIpc) is 2.29. The fraction of sp³-hybridized carbons (Fsp3) is 0.125. The highest BCUT2D eigenvalue weighted by atomic mass is 32.1. The third kappa shape index (κ3) is 0.881. The molecule has 0 atom stereocenters. The van der Waals surface area contributed by atoms with Gasteiger partial charge in [-0.3, -0.25) is 0 Å². The van der Waals surface area contributed by atoms with E-state index in [2.05, 4.69) is 4.98 Å². The predicted molar refractivity (Wildman–Crippen MR) is 48.1 cm³/mol. The maximum atomic E-state index is 13.2. The van der Waals surface area contributed by atoms with Crippen molar-refractivity contribution in [1.82, 2.24) is 9.55 Å². The molecular weight excluding hydrogens is 175 g/mol. The van der Waals surface area contributed by atoms with Gasteiger partial charge >= 0.3 is 0 Å². The minimum Gasteiger partial charge on any atom is -0.330 e. The van der Waals surface area contributed by atoms with Gasteiger partial charge in [0, 0.05) is 7.05 Å². The average molecular weight is 182 g/mol. The second-order valence-corrected chi connectivity index (χ2v) is 3.01. The molecule has 1 aromatic carbocycles. The zero-order valence-corrected chi connectivity index (χ0v) is 7.28. The van der Waals surface area contributed by atoms with Gasteiger partial charge in [-0.25, -0.2) is 4.39 Å². The van der Waals surface area contributed by atoms with Crippen LogP contribution in [0, 0.1) is 10.6 Å². The third-order valence-electron chi connectivity index (χ3n) is 1.87. The van der Waals surface area contributed by atoms with Gasteiger partial charge in [-0.2, -0.15) is 0 Å². The zero-order chi connectivity index (χ0) is 8.72. The Morgan fingerprint density at radius 1 is 1.50 bits per heavy atom. The van der Waals surface area contributed by atoms with E-state index >= 15 is 0 Å². The number of H-pyrrole nitrogens is 1. The fourth-order valence-electron chi connectivity index (χ4n) is 1.26. The summed E-state index contributed by atoms with van der Waals surface area (Å²) >= 11 is 4.95. The Balaban J connectivity index is 3.07. The first-order chi connectivity index (χ1) is 5.70. The Bertz CT molecular complexity index is 483. The van der Waals surface area contributed by atoms with Crippen LogP contribution in [0.1, 0.15) is 0 Å². The molecule has 12 heavy (non-hydrogen) atoms. The summed E-state index contributed by atoms with van der Waals surface area (Å²) in [6, 6.07) is 4.88. The van der Waals surface area contributed by atoms with Crippen molar-refractivity contribution < 1.29 is 4.39 Å². The van der Waals surface area contributed by atoms with Gasteiger partial charge in [0.25, 0.3) is 0 Å². The van der Waals surface area contributed by atoms with Gasteiger partial charge in [0.05, 0.1) is 5.52 Å². The molecule has 2 rings (SSSR count). The summed E-state index contributed by atoms with van der Waals surface area (Å²) in [6.07, 6.45) is 0. The van der Waals surface area contributed by atoms with Crippen LogP contribution in [0.5, 0.6) is 0 Å². The number of halogens is 1. The van der Waals surface area contributed by atoms with Crippen LogP contribution in [0.25, 0.3) is 11.0 Å². The number of aryl methyl sites for hydroxylation is 1. The van der Waals surface area contributed by atoms with Crippen LogP contribution in [0.4, 0.5) is 4.39 Å². The van der Waals surface area contributed by atoms with E-state index in [9.17, 15) is 4.39 Å². The van der Waals surface area contributed by atoms with Gasteiger partial charge in [-0.15, -0.1) is 0 Å². The number of hydrogen-bond donors (Lipinski definition) is 1. The Morgan fingerprint density at radius 3 is 2.92 bits per heavy atom. The molecule has 0 spiro atoms. The van der Waals surface area contributed by atoms with Gasteiger partial charge in [-0.1, -0.05) is 6.07 Å². The number of nitrogens with zero attached hydrogens (tertiary/aromatic N) is 1. The maximum absolute atomic E-state index is 13.2. The first-order valence-corrected chi connectivity index (χ1v) is 3.94. The van der Waals surface area contributed by atoms with Crippen molar-refractivity contribution in [2.24, 2.45) is 7.05 Å². The molecule has 0 bridgehead atoms. The molecule has 0 amide bonds. The normalized spacial score (nSPS) is 10.8. The smallest absolute Gasteiger partial charge is 0.177 e. The summed E-state index contributed by atoms with van der Waals surface area (Å²) in [6.45, 7) is 0. The molecule has 0 aliphatic heterocycles. The van der Waals surface area contributed by atoms with Gasteiger partial charge in [-0.05, 0) is 24.4 Å². The van der Waals surface area contributed by atoms with Crippen molar-refractivity contribution in [3.63, 3.8) is 0 Å². The van der Waals surface area contributed by atoms with Crippen molar-refractivity contribution in [3.05, 3.63) is 28.8 Å². The Kier molecular flexibility index (Phi) is 1.51. The van der Waals surface area contributed by atoms with E-state index in [1.54, 1.807) is 23.7 Å². The van der Waals surface area contributed by atoms with Gasteiger partial charge in [0.1, 0.15) is 11.3 Å². The third-order valence-corrected chi connectivity index (χ3v) is 2.24. The van der Waals surface area contributed by atoms with Crippen LogP contribution in [0.3, 0.4) is 0 Å². The second-order valence-electron chi connectivity index (χ2n) is 2.63. The summed E-state index contributed by atoms with van der Waals surface area (Å²) in [4.78, 5) is 2.91. The molecule has 0 radical (unpaired) electrons. The fourth-order valence-corrected chi connectivity index (χ4v) is 1.46. The van der Waals surface area contributed by atoms with E-state index < -0.39 is 0 Å². The molecular formula is C8H7FN2S. The van der Waals surface area contributed by atoms with Crippen LogP contribution >= 0.6 is 12.2 Å². The van der Waals surface area contributed by atoms with Crippen molar-refractivity contribution in [2.75, 3.05) is 0 Å². The van der Waals surface area contributed by atoms with E-state index in [-0.39, 0.29) is 5.82 Å². The molecule has 0 fully saturated rings. The molecule has 1 heterocycles. The first-order valence-electron chi connectivity index (χ1n) is 3.53. The minimum absolute atomic E-state index is 0.248. The Labute approximate surface area is 73.6 Å². The van der Waals surface area contributed by atoms with E-state index in [4.69, 9.17) is 12.2 Å². The second kappa shape index (κ2) is 2.42. The van der Waals surface area contributed by atoms with Gasteiger partial charge in [0.15, 0.2) is 4.77 Å². The summed E-state index contributed by atoms with van der Waals surface area (Å²) in [5, 5.41) is 0. The van der Waals surface area contributed by atoms with Crippen LogP contribution in [-0.4, -0.2) is 9.55 Å². The molecule has 0 unspecified atom stereocenters. The molecule has 4 heteroatoms. The highest BCUT2D eigenvalue weighted by Gasteiger charge is 2.04. The Morgan fingerprint density at radius 2 is 2.25 bits per heavy atom. The number of imidazole rings is 1. The molecule has 0 aliphatic carbocycles. The highest BCUT2D eigenvalue weighted by Crippen LogP contribution is 2.15. The van der Waals surface area contributed by atoms with Crippen molar-refractivity contribution in [2.45, 2.75) is 0 Å². The number of aromatic nitrogens is 2. The molecule has 2 aromatic rings. The molecule has 1 N–H and O–H groups in total. The lowest BCUT2D eigenvalue weighted by Gasteiger charge is -1.94. The molecule has 62 valence electrons. The van der Waals surface area contributed by atoms with Crippen molar-refractivity contribution in [1.29, 1.82) is 0 Å². The zero-order valence-electron chi connectivity index (χ0n) is 6.47. The van der Waals surface area contributed by atoms with Crippen molar-refractivity contribution in [3.8, 4) is 0 Å². The molecule has 0 aliphatic rings. The summed E-state index contributed by atoms with van der Waals surface area (Å²) in [7, 11) is 1.74. The summed E-state index contributed by atoms with van der Waals surface area (Å²) in [5.41, 5.74) is 1.27. The van der Waals surface area contributed by atoms with Gasteiger partial charge in [0.2, 0.25) is 0 Å². The largest absolute Gasteiger partial charge is 0.330 e. The van der Waals surface area contributed by atoms with Gasteiger partial charge < -0.3 is 9.55 Å². The molecule has 0 saturated heterocycles. The number of fused-ring (bicyclic) bond motifs is 1. The number of rotatable bonds is 0. The van der Waals surface area contributed by atoms with Crippen LogP contribution in [-0.2, 0) is 7.05 Å². The highest BCUT2D eigenvalue weighted by molar-refractivity contribution is 7.71. The molecule has 2 nitrogen and oxygen atoms in total. The van der Waals surface area contributed by atoms with E-state index in [1.807, 2.05) is 0 Å². The molecule has 1 aromatic heterocycles. The lowest BCUT2D eigenvalue weighted by atomic mass is 10.3. The van der Waals surface area contributed by atoms with Crippen LogP contribution < -0.4 is 0 Å². The van der Waals surface area contributed by atoms with E-state index in [1.165, 1.54) is 6.07 Å². The number of nitrogens with one attached hydrogen (secondary N) is 1. The standard InChI is InChI=1S/C8H7FN2S/c1-11-7-5(9)3-2-4-6(7)10-8(11)12/h2-4H,1H3,(H,10,12). The monoisotopic (exact) mass is 182 g/mol. The summed E-state index contributed by atoms with van der Waals surface area (Å²) < 4.78 is 15.3. The number of hydrogen-bond acceptors (Lipinski definition) is 1. The molecule has 0 saturated carbocycles. The summed E-state index contributed by atoms with van der Waals surface area (Å²) in [5.74, 6) is -0.248. The number of aromatic amines is 1. The van der Waals surface area contributed by atoms with E-state index in [0.717, 1.165) is 5.52 Å². The van der Waals surface area contributed by atoms with E-state index in [0.29, 0.717) is 10.3 Å². The Hall–Kier alpha value is -1.16. The van der Waals surface area contributed by atoms with Crippen LogP contribution in [0.2, 0.25) is 0 Å². The SMILES string of the molecule is Cn1c(=S)[nH]c2cccc(F)c21.